The molecule has 0 aliphatic heterocycles. The van der Waals surface area contributed by atoms with Gasteiger partial charge in [0, 0.05) is 0 Å². The van der Waals surface area contributed by atoms with Crippen LogP contribution in [-0.2, 0) is 14.6 Å². The summed E-state index contributed by atoms with van der Waals surface area (Å²) in [5, 5.41) is 0. The Morgan fingerprint density at radius 1 is 1.60 bits per heavy atom. The molecule has 0 bridgehead atoms. The second-order valence-electron chi connectivity index (χ2n) is 1.72. The minimum atomic E-state index is -4.49. The van der Waals surface area contributed by atoms with Crippen LogP contribution < -0.4 is 51.4 Å². The average Bonchev–Trinajstić information content (AvgIpc) is 1.62. The first kappa shape index (κ1) is 14.1. The molecule has 0 spiro atoms. The second kappa shape index (κ2) is 6.07. The van der Waals surface area contributed by atoms with E-state index in [0.29, 0.717) is 6.42 Å². The molecule has 0 heterocycles. The van der Waals surface area contributed by atoms with E-state index in [2.05, 4.69) is 4.18 Å². The van der Waals surface area contributed by atoms with E-state index >= 15 is 0 Å². The summed E-state index contributed by atoms with van der Waals surface area (Å²) in [5.74, 6) is 0. The van der Waals surface area contributed by atoms with Crippen LogP contribution in [0.3, 0.4) is 0 Å². The summed E-state index contributed by atoms with van der Waals surface area (Å²) in [4.78, 5) is 0. The van der Waals surface area contributed by atoms with Gasteiger partial charge >= 0.3 is 51.4 Å². The number of hydrogen-bond acceptors (Lipinski definition) is 4. The maximum Gasteiger partial charge on any atom is 1.00 e. The number of hydrogen-bond donors (Lipinski definition) is 0. The first-order valence-electron chi connectivity index (χ1n) is 2.60. The van der Waals surface area contributed by atoms with Crippen LogP contribution in [0, 0.1) is 0 Å². The van der Waals surface area contributed by atoms with Crippen LogP contribution in [0.25, 0.3) is 0 Å². The zero-order valence-electron chi connectivity index (χ0n) is 6.33. The van der Waals surface area contributed by atoms with Gasteiger partial charge in [0.2, 0.25) is 10.4 Å². The van der Waals surface area contributed by atoms with Crippen molar-refractivity contribution in [3.63, 3.8) is 0 Å². The van der Waals surface area contributed by atoms with Crippen molar-refractivity contribution in [3.05, 3.63) is 0 Å². The molecule has 56 valence electrons. The maximum atomic E-state index is 9.82. The first-order valence-corrected chi connectivity index (χ1v) is 3.93. The quantitative estimate of drug-likeness (QED) is 0.276. The molecule has 0 aromatic rings. The van der Waals surface area contributed by atoms with E-state index in [4.69, 9.17) is 0 Å². The van der Waals surface area contributed by atoms with Crippen molar-refractivity contribution in [1.82, 2.24) is 0 Å². The summed E-state index contributed by atoms with van der Waals surface area (Å²) in [6.45, 7) is 3.26. The molecule has 0 aliphatic carbocycles. The summed E-state index contributed by atoms with van der Waals surface area (Å²) >= 11 is 0. The van der Waals surface area contributed by atoms with Crippen molar-refractivity contribution in [2.75, 3.05) is 0 Å². The molecule has 0 amide bonds. The Morgan fingerprint density at radius 3 is 2.10 bits per heavy atom. The van der Waals surface area contributed by atoms with E-state index in [9.17, 15) is 13.0 Å². The monoisotopic (exact) mass is 192 g/mol. The molecule has 0 fully saturated rings. The fourth-order valence-corrected chi connectivity index (χ4v) is 0.808. The first-order chi connectivity index (χ1) is 3.95. The summed E-state index contributed by atoms with van der Waals surface area (Å²) in [6.07, 6.45) is 0.00840. The molecule has 1 unspecified atom stereocenters. The SMILES string of the molecule is CCC(C)OS(=O)(=O)[O-].[K+]. The van der Waals surface area contributed by atoms with Crippen LogP contribution >= 0.6 is 0 Å². The standard InChI is InChI=1S/C4H10O4S.K/c1-3-4(2)8-9(5,6)7;/h4H,3H2,1-2H3,(H,5,6,7);/q;+1/p-1. The predicted molar refractivity (Wildman–Crippen MR) is 30.5 cm³/mol. The molecule has 0 N–H and O–H groups in total. The van der Waals surface area contributed by atoms with Gasteiger partial charge < -0.3 is 4.55 Å². The van der Waals surface area contributed by atoms with E-state index in [-0.39, 0.29) is 51.4 Å². The van der Waals surface area contributed by atoms with Gasteiger partial charge in [-0.3, -0.25) is 4.18 Å². The molecular weight excluding hydrogens is 183 g/mol. The van der Waals surface area contributed by atoms with Gasteiger partial charge in [-0.25, -0.2) is 8.42 Å². The Labute approximate surface area is 104 Å². The van der Waals surface area contributed by atoms with E-state index in [1.165, 1.54) is 6.92 Å². The van der Waals surface area contributed by atoms with Gasteiger partial charge in [0.1, 0.15) is 0 Å². The predicted octanol–water partition coefficient (Wildman–Crippen LogP) is -2.73. The van der Waals surface area contributed by atoms with Gasteiger partial charge in [0.05, 0.1) is 6.10 Å². The zero-order valence-corrected chi connectivity index (χ0v) is 10.3. The van der Waals surface area contributed by atoms with Crippen molar-refractivity contribution in [2.24, 2.45) is 0 Å². The second-order valence-corrected chi connectivity index (χ2v) is 2.73. The molecule has 0 aliphatic rings. The molecule has 1 atom stereocenters. The van der Waals surface area contributed by atoms with Crippen molar-refractivity contribution in [2.45, 2.75) is 26.4 Å². The molecule has 10 heavy (non-hydrogen) atoms. The Balaban J connectivity index is 0. The van der Waals surface area contributed by atoms with Crippen LogP contribution in [0.5, 0.6) is 0 Å². The molecule has 0 saturated heterocycles. The normalized spacial score (nSPS) is 13.9. The van der Waals surface area contributed by atoms with E-state index in [1.807, 2.05) is 0 Å². The topological polar surface area (TPSA) is 66.4 Å². The molecule has 0 radical (unpaired) electrons. The van der Waals surface area contributed by atoms with Crippen molar-refractivity contribution in [3.8, 4) is 0 Å². The maximum absolute atomic E-state index is 9.82. The Morgan fingerprint density at radius 2 is 2.00 bits per heavy atom. The van der Waals surface area contributed by atoms with E-state index in [0.717, 1.165) is 0 Å². The van der Waals surface area contributed by atoms with Gasteiger partial charge in [-0.1, -0.05) is 6.92 Å². The zero-order chi connectivity index (χ0) is 7.49. The molecule has 0 rings (SSSR count). The van der Waals surface area contributed by atoms with Gasteiger partial charge in [-0.2, -0.15) is 0 Å². The van der Waals surface area contributed by atoms with Gasteiger partial charge in [0.15, 0.2) is 0 Å². The largest absolute Gasteiger partial charge is 1.00 e. The van der Waals surface area contributed by atoms with E-state index < -0.39 is 16.5 Å². The number of rotatable bonds is 3. The van der Waals surface area contributed by atoms with Crippen molar-refractivity contribution in [1.29, 1.82) is 0 Å². The molecule has 4 nitrogen and oxygen atoms in total. The minimum absolute atomic E-state index is 0. The van der Waals surface area contributed by atoms with Gasteiger partial charge in [-0.15, -0.1) is 0 Å². The van der Waals surface area contributed by atoms with Crippen LogP contribution in [0.1, 0.15) is 20.3 Å². The van der Waals surface area contributed by atoms with Crippen molar-refractivity contribution >= 4 is 10.4 Å². The third-order valence-electron chi connectivity index (χ3n) is 0.857. The third-order valence-corrected chi connectivity index (χ3v) is 1.42. The Hall–Kier alpha value is 1.51. The smallest absolute Gasteiger partial charge is 0.726 e. The van der Waals surface area contributed by atoms with E-state index in [1.54, 1.807) is 6.92 Å². The summed E-state index contributed by atoms with van der Waals surface area (Å²) in [5.41, 5.74) is 0. The third kappa shape index (κ3) is 9.51. The molecule has 0 aromatic carbocycles. The molecular formula is C4H9KO4S. The van der Waals surface area contributed by atoms with Gasteiger partial charge in [0.25, 0.3) is 0 Å². The van der Waals surface area contributed by atoms with Crippen LogP contribution in [0.4, 0.5) is 0 Å². The minimum Gasteiger partial charge on any atom is -0.726 e. The Bertz CT molecular complexity index is 164. The fourth-order valence-electron chi connectivity index (χ4n) is 0.269. The van der Waals surface area contributed by atoms with Crippen molar-refractivity contribution < 1.29 is 68.5 Å². The summed E-state index contributed by atoms with van der Waals surface area (Å²) < 4.78 is 33.5. The molecule has 6 heteroatoms. The average molecular weight is 192 g/mol. The summed E-state index contributed by atoms with van der Waals surface area (Å²) in [6, 6.07) is 0. The summed E-state index contributed by atoms with van der Waals surface area (Å²) in [7, 11) is -4.49. The van der Waals surface area contributed by atoms with Gasteiger partial charge in [-0.05, 0) is 13.3 Å². The van der Waals surface area contributed by atoms with Crippen LogP contribution in [0.15, 0.2) is 0 Å². The molecule has 0 saturated carbocycles. The fraction of sp³-hybridized carbons (Fsp3) is 1.00. The van der Waals surface area contributed by atoms with Crippen LogP contribution in [-0.4, -0.2) is 19.1 Å². The Kier molecular flexibility index (Phi) is 8.53. The molecule has 0 aromatic heterocycles. The van der Waals surface area contributed by atoms with Crippen LogP contribution in [0.2, 0.25) is 0 Å².